The number of halogens is 1. The highest BCUT2D eigenvalue weighted by atomic mass is 35.5. The average molecular weight is 379 g/mol. The molecular weight excluding hydrogens is 348 g/mol. The number of carbonyl (C=O) groups excluding carboxylic acids is 1. The molecule has 1 aromatic carbocycles. The van der Waals surface area contributed by atoms with E-state index in [1.54, 1.807) is 0 Å². The maximum Gasteiger partial charge on any atom is 0.314 e. The summed E-state index contributed by atoms with van der Waals surface area (Å²) in [5, 5.41) is 6.88. The van der Waals surface area contributed by atoms with Crippen LogP contribution in [0.5, 0.6) is 0 Å². The summed E-state index contributed by atoms with van der Waals surface area (Å²) in [7, 11) is 0. The highest BCUT2D eigenvalue weighted by Gasteiger charge is 2.24. The van der Waals surface area contributed by atoms with Crippen LogP contribution in [0.25, 0.3) is 0 Å². The molecule has 0 spiro atoms. The van der Waals surface area contributed by atoms with Gasteiger partial charge in [0.2, 0.25) is 0 Å². The highest BCUT2D eigenvalue weighted by Crippen LogP contribution is 2.24. The Bertz CT molecular complexity index is 580. The number of likely N-dealkylation sites (tertiary alicyclic amines) is 1. The van der Waals surface area contributed by atoms with Crippen LogP contribution < -0.4 is 15.5 Å². The molecule has 3 rings (SSSR count). The lowest BCUT2D eigenvalue weighted by Gasteiger charge is -2.19. The van der Waals surface area contributed by atoms with Gasteiger partial charge >= 0.3 is 6.03 Å². The zero-order valence-corrected chi connectivity index (χ0v) is 16.5. The van der Waals surface area contributed by atoms with E-state index in [9.17, 15) is 4.79 Å². The molecule has 6 heteroatoms. The van der Waals surface area contributed by atoms with Crippen molar-refractivity contribution < 1.29 is 4.79 Å². The van der Waals surface area contributed by atoms with Crippen LogP contribution in [-0.4, -0.2) is 56.7 Å². The van der Waals surface area contributed by atoms with Gasteiger partial charge < -0.3 is 20.4 Å². The molecule has 0 radical (unpaired) electrons. The number of benzene rings is 1. The molecule has 0 aromatic heterocycles. The van der Waals surface area contributed by atoms with Crippen LogP contribution in [0.1, 0.15) is 26.2 Å². The van der Waals surface area contributed by atoms with E-state index in [4.69, 9.17) is 11.6 Å². The number of urea groups is 1. The molecule has 0 aliphatic carbocycles. The largest absolute Gasteiger partial charge is 0.371 e. The fraction of sp³-hybridized carbons (Fsp3) is 0.650. The van der Waals surface area contributed by atoms with Crippen molar-refractivity contribution in [3.8, 4) is 0 Å². The van der Waals surface area contributed by atoms with E-state index < -0.39 is 0 Å². The Kier molecular flexibility index (Phi) is 7.03. The van der Waals surface area contributed by atoms with Crippen molar-refractivity contribution in [3.63, 3.8) is 0 Å². The second-order valence-corrected chi connectivity index (χ2v) is 8.06. The van der Waals surface area contributed by atoms with Gasteiger partial charge in [0.15, 0.2) is 0 Å². The third-order valence-electron chi connectivity index (χ3n) is 5.49. The maximum atomic E-state index is 12.1. The number of hydrogen-bond donors (Lipinski definition) is 2. The first-order valence-electron chi connectivity index (χ1n) is 9.88. The number of rotatable bonds is 7. The number of anilines is 1. The van der Waals surface area contributed by atoms with Gasteiger partial charge in [0.25, 0.3) is 0 Å². The minimum Gasteiger partial charge on any atom is -0.371 e. The van der Waals surface area contributed by atoms with E-state index in [1.165, 1.54) is 31.6 Å². The number of nitrogens with one attached hydrogen (secondary N) is 2. The second kappa shape index (κ2) is 9.47. The molecule has 0 bridgehead atoms. The maximum absolute atomic E-state index is 12.1. The molecule has 0 saturated carbocycles. The molecule has 2 aliphatic heterocycles. The molecule has 2 N–H and O–H groups in total. The first kappa shape index (κ1) is 19.3. The van der Waals surface area contributed by atoms with Crippen molar-refractivity contribution >= 4 is 23.3 Å². The third kappa shape index (κ3) is 5.52. The molecule has 2 fully saturated rings. The van der Waals surface area contributed by atoms with Crippen LogP contribution in [0.3, 0.4) is 0 Å². The van der Waals surface area contributed by atoms with Gasteiger partial charge in [-0.05, 0) is 68.5 Å². The number of hydrogen-bond acceptors (Lipinski definition) is 3. The molecule has 0 unspecified atom stereocenters. The van der Waals surface area contributed by atoms with Crippen LogP contribution >= 0.6 is 11.6 Å². The van der Waals surface area contributed by atoms with Gasteiger partial charge in [-0.3, -0.25) is 0 Å². The van der Waals surface area contributed by atoms with E-state index in [0.29, 0.717) is 11.8 Å². The molecule has 1 aromatic rings. The van der Waals surface area contributed by atoms with Gasteiger partial charge in [-0.15, -0.1) is 0 Å². The Hall–Kier alpha value is -1.46. The SMILES string of the molecule is CCCN1CC[C@@H](CNC(=O)NC[C@@H]2CCN(c3ccc(Cl)cc3)C2)C1. The average Bonchev–Trinajstić information content (AvgIpc) is 3.29. The minimum absolute atomic E-state index is 0.0242. The summed E-state index contributed by atoms with van der Waals surface area (Å²) in [4.78, 5) is 16.9. The lowest BCUT2D eigenvalue weighted by atomic mass is 10.1. The van der Waals surface area contributed by atoms with Crippen molar-refractivity contribution in [2.45, 2.75) is 26.2 Å². The van der Waals surface area contributed by atoms with E-state index in [1.807, 2.05) is 12.1 Å². The number of carbonyl (C=O) groups is 1. The molecule has 144 valence electrons. The van der Waals surface area contributed by atoms with E-state index >= 15 is 0 Å². The van der Waals surface area contributed by atoms with Gasteiger partial charge in [-0.2, -0.15) is 0 Å². The normalized spacial score (nSPS) is 23.4. The van der Waals surface area contributed by atoms with Crippen LogP contribution in [0.4, 0.5) is 10.5 Å². The highest BCUT2D eigenvalue weighted by molar-refractivity contribution is 6.30. The zero-order chi connectivity index (χ0) is 18.4. The van der Waals surface area contributed by atoms with Gasteiger partial charge in [0.05, 0.1) is 0 Å². The van der Waals surface area contributed by atoms with Crippen LogP contribution in [0.2, 0.25) is 5.02 Å². The molecule has 5 nitrogen and oxygen atoms in total. The van der Waals surface area contributed by atoms with Crippen LogP contribution in [0, 0.1) is 11.8 Å². The Morgan fingerprint density at radius 3 is 2.42 bits per heavy atom. The Morgan fingerprint density at radius 2 is 1.73 bits per heavy atom. The summed E-state index contributed by atoms with van der Waals surface area (Å²) in [5.41, 5.74) is 1.21. The number of nitrogens with zero attached hydrogens (tertiary/aromatic N) is 2. The quantitative estimate of drug-likeness (QED) is 0.766. The van der Waals surface area contributed by atoms with Crippen LogP contribution in [-0.2, 0) is 0 Å². The Morgan fingerprint density at radius 1 is 1.08 bits per heavy atom. The van der Waals surface area contributed by atoms with Crippen molar-refractivity contribution in [1.29, 1.82) is 0 Å². The Balaban J connectivity index is 1.32. The smallest absolute Gasteiger partial charge is 0.314 e. The van der Waals surface area contributed by atoms with Crippen LogP contribution in [0.15, 0.2) is 24.3 Å². The van der Waals surface area contributed by atoms with E-state index in [2.05, 4.69) is 39.5 Å². The fourth-order valence-corrected chi connectivity index (χ4v) is 4.15. The lowest BCUT2D eigenvalue weighted by Crippen LogP contribution is -2.41. The second-order valence-electron chi connectivity index (χ2n) is 7.62. The molecule has 2 heterocycles. The van der Waals surface area contributed by atoms with Crippen molar-refractivity contribution in [2.24, 2.45) is 11.8 Å². The van der Waals surface area contributed by atoms with E-state index in [-0.39, 0.29) is 6.03 Å². The molecule has 2 saturated heterocycles. The predicted octanol–water partition coefficient (Wildman–Crippen LogP) is 3.20. The van der Waals surface area contributed by atoms with Crippen molar-refractivity contribution in [2.75, 3.05) is 50.7 Å². The topological polar surface area (TPSA) is 47.6 Å². The van der Waals surface area contributed by atoms with Gasteiger partial charge in [0, 0.05) is 43.4 Å². The number of amides is 2. The molecule has 2 aliphatic rings. The van der Waals surface area contributed by atoms with E-state index in [0.717, 1.165) is 44.2 Å². The van der Waals surface area contributed by atoms with Gasteiger partial charge in [-0.25, -0.2) is 4.79 Å². The molecular formula is C20H31ClN4O. The Labute approximate surface area is 162 Å². The standard InChI is InChI=1S/C20H31ClN4O/c1-2-9-24-10-7-16(14-24)12-22-20(26)23-13-17-8-11-25(15-17)19-5-3-18(21)4-6-19/h3-6,16-17H,2,7-15H2,1H3,(H2,22,23,26)/t16-,17-/m0/s1. The zero-order valence-electron chi connectivity index (χ0n) is 15.7. The van der Waals surface area contributed by atoms with Crippen molar-refractivity contribution in [3.05, 3.63) is 29.3 Å². The summed E-state index contributed by atoms with van der Waals surface area (Å²) in [5.74, 6) is 1.10. The molecule has 2 atom stereocenters. The fourth-order valence-electron chi connectivity index (χ4n) is 4.02. The van der Waals surface area contributed by atoms with Gasteiger partial charge in [0.1, 0.15) is 0 Å². The predicted molar refractivity (Wildman–Crippen MR) is 108 cm³/mol. The minimum atomic E-state index is -0.0242. The summed E-state index contributed by atoms with van der Waals surface area (Å²) < 4.78 is 0. The summed E-state index contributed by atoms with van der Waals surface area (Å²) >= 11 is 5.96. The first-order chi connectivity index (χ1) is 12.6. The monoisotopic (exact) mass is 378 g/mol. The first-order valence-corrected chi connectivity index (χ1v) is 10.3. The van der Waals surface area contributed by atoms with Gasteiger partial charge in [-0.1, -0.05) is 18.5 Å². The van der Waals surface area contributed by atoms with Crippen molar-refractivity contribution in [1.82, 2.24) is 15.5 Å². The summed E-state index contributed by atoms with van der Waals surface area (Å²) in [6, 6.07) is 7.97. The third-order valence-corrected chi connectivity index (χ3v) is 5.74. The summed E-state index contributed by atoms with van der Waals surface area (Å²) in [6.07, 6.45) is 3.51. The molecule has 26 heavy (non-hydrogen) atoms. The molecule has 2 amide bonds. The summed E-state index contributed by atoms with van der Waals surface area (Å²) in [6.45, 7) is 9.22. The lowest BCUT2D eigenvalue weighted by molar-refractivity contribution is 0.237.